The predicted octanol–water partition coefficient (Wildman–Crippen LogP) is -0.138. The Labute approximate surface area is 223 Å². The van der Waals surface area contributed by atoms with E-state index in [4.69, 9.17) is 42.6 Å². The van der Waals surface area contributed by atoms with Gasteiger partial charge in [0.05, 0.1) is 6.26 Å². The molecule has 0 spiro atoms. The van der Waals surface area contributed by atoms with E-state index in [-0.39, 0.29) is 6.61 Å². The molecule has 0 saturated carbocycles. The number of ether oxygens (including phenoxy) is 9. The van der Waals surface area contributed by atoms with Crippen molar-refractivity contribution in [2.45, 2.75) is 90.6 Å². The molecule has 2 heterocycles. The third kappa shape index (κ3) is 9.83. The van der Waals surface area contributed by atoms with Crippen LogP contribution in [0.4, 0.5) is 0 Å². The van der Waals surface area contributed by atoms with E-state index in [1.165, 1.54) is 19.3 Å². The molecule has 1 fully saturated rings. The zero-order valence-corrected chi connectivity index (χ0v) is 22.3. The van der Waals surface area contributed by atoms with Gasteiger partial charge >= 0.3 is 35.8 Å². The summed E-state index contributed by atoms with van der Waals surface area (Å²) < 4.78 is 48.8. The molecule has 0 aromatic carbocycles. The van der Waals surface area contributed by atoms with Gasteiger partial charge in [0.2, 0.25) is 0 Å². The number of hydrogen-bond donors (Lipinski definition) is 0. The molecule has 39 heavy (non-hydrogen) atoms. The monoisotopic (exact) mass is 560 g/mol. The van der Waals surface area contributed by atoms with Crippen molar-refractivity contribution >= 4 is 35.8 Å². The van der Waals surface area contributed by atoms with E-state index in [1.807, 2.05) is 0 Å². The Hall–Kier alpha value is -3.72. The third-order valence-electron chi connectivity index (χ3n) is 5.20. The van der Waals surface area contributed by atoms with Gasteiger partial charge in [-0.15, -0.1) is 0 Å². The van der Waals surface area contributed by atoms with Crippen LogP contribution >= 0.6 is 0 Å². The van der Waals surface area contributed by atoms with Crippen LogP contribution in [0.1, 0.15) is 41.5 Å². The summed E-state index contributed by atoms with van der Waals surface area (Å²) in [5.74, 6) is -4.41. The fourth-order valence-corrected chi connectivity index (χ4v) is 3.87. The van der Waals surface area contributed by atoms with Crippen molar-refractivity contribution in [1.29, 1.82) is 0 Å². The summed E-state index contributed by atoms with van der Waals surface area (Å²) in [5.41, 5.74) is 0. The molecule has 0 aliphatic carbocycles. The summed E-state index contributed by atoms with van der Waals surface area (Å²) >= 11 is 0. The molecule has 0 N–H and O–H groups in total. The van der Waals surface area contributed by atoms with Gasteiger partial charge in [-0.1, -0.05) is 0 Å². The highest BCUT2D eigenvalue weighted by Crippen LogP contribution is 2.32. The second-order valence-electron chi connectivity index (χ2n) is 8.55. The van der Waals surface area contributed by atoms with E-state index < -0.39 is 91.4 Å². The average Bonchev–Trinajstić information content (AvgIpc) is 2.80. The summed E-state index contributed by atoms with van der Waals surface area (Å²) in [5, 5.41) is 0. The van der Waals surface area contributed by atoms with E-state index in [9.17, 15) is 28.8 Å². The van der Waals surface area contributed by atoms with Crippen LogP contribution in [0.15, 0.2) is 12.3 Å². The number of carbonyl (C=O) groups excluding carboxylic acids is 6. The first-order valence-electron chi connectivity index (χ1n) is 11.9. The summed E-state index contributed by atoms with van der Waals surface area (Å²) in [6.07, 6.45) is -7.79. The first kappa shape index (κ1) is 31.5. The Morgan fingerprint density at radius 3 is 1.56 bits per heavy atom. The summed E-state index contributed by atoms with van der Waals surface area (Å²) in [6, 6.07) is 0. The molecule has 0 radical (unpaired) electrons. The van der Waals surface area contributed by atoms with Gasteiger partial charge in [-0.2, -0.15) is 0 Å². The van der Waals surface area contributed by atoms with Gasteiger partial charge < -0.3 is 42.6 Å². The van der Waals surface area contributed by atoms with Crippen LogP contribution in [0, 0.1) is 0 Å². The Balaban J connectivity index is 2.47. The predicted molar refractivity (Wildman–Crippen MR) is 123 cm³/mol. The smallest absolute Gasteiger partial charge is 0.303 e. The molecule has 0 bridgehead atoms. The number of rotatable bonds is 10. The topological polar surface area (TPSA) is 185 Å². The second kappa shape index (κ2) is 14.4. The third-order valence-corrected chi connectivity index (χ3v) is 5.20. The van der Waals surface area contributed by atoms with Gasteiger partial charge in [-0.25, -0.2) is 0 Å². The Bertz CT molecular complexity index is 959. The lowest BCUT2D eigenvalue weighted by Gasteiger charge is -2.45. The van der Waals surface area contributed by atoms with Gasteiger partial charge in [-0.05, 0) is 6.08 Å². The van der Waals surface area contributed by atoms with Crippen molar-refractivity contribution in [3.05, 3.63) is 12.3 Å². The molecule has 0 amide bonds. The Morgan fingerprint density at radius 1 is 0.590 bits per heavy atom. The molecule has 218 valence electrons. The van der Waals surface area contributed by atoms with Crippen molar-refractivity contribution in [2.75, 3.05) is 13.2 Å². The minimum Gasteiger partial charge on any atom is -0.491 e. The van der Waals surface area contributed by atoms with Crippen LogP contribution in [0.5, 0.6) is 0 Å². The van der Waals surface area contributed by atoms with E-state index >= 15 is 0 Å². The molecule has 8 atom stereocenters. The molecular weight excluding hydrogens is 528 g/mol. The molecule has 2 rings (SSSR count). The van der Waals surface area contributed by atoms with Crippen LogP contribution in [0.25, 0.3) is 0 Å². The van der Waals surface area contributed by atoms with Crippen molar-refractivity contribution in [2.24, 2.45) is 0 Å². The van der Waals surface area contributed by atoms with Crippen LogP contribution in [-0.4, -0.2) is 98.0 Å². The fourth-order valence-electron chi connectivity index (χ4n) is 3.87. The number of esters is 6. The van der Waals surface area contributed by atoms with E-state index in [0.717, 1.165) is 34.6 Å². The summed E-state index contributed by atoms with van der Waals surface area (Å²) in [6.45, 7) is 5.98. The maximum Gasteiger partial charge on any atom is 0.303 e. The Morgan fingerprint density at radius 2 is 1.05 bits per heavy atom. The highest BCUT2D eigenvalue weighted by atomic mass is 16.7. The first-order chi connectivity index (χ1) is 18.3. The van der Waals surface area contributed by atoms with Crippen LogP contribution in [-0.2, 0) is 71.4 Å². The maximum atomic E-state index is 12.0. The number of hydrogen-bond acceptors (Lipinski definition) is 15. The quantitative estimate of drug-likeness (QED) is 0.254. The van der Waals surface area contributed by atoms with Gasteiger partial charge in [0.1, 0.15) is 25.4 Å². The lowest BCUT2D eigenvalue weighted by molar-refractivity contribution is -0.321. The minimum atomic E-state index is -1.54. The van der Waals surface area contributed by atoms with E-state index in [2.05, 4.69) is 0 Å². The minimum absolute atomic E-state index is 0.296. The summed E-state index contributed by atoms with van der Waals surface area (Å²) in [4.78, 5) is 70.5. The van der Waals surface area contributed by atoms with Gasteiger partial charge in [0, 0.05) is 41.5 Å². The first-order valence-corrected chi connectivity index (χ1v) is 11.9. The van der Waals surface area contributed by atoms with Crippen molar-refractivity contribution < 1.29 is 71.4 Å². The second-order valence-corrected chi connectivity index (χ2v) is 8.55. The van der Waals surface area contributed by atoms with Crippen molar-refractivity contribution in [3.8, 4) is 0 Å². The maximum absolute atomic E-state index is 12.0. The van der Waals surface area contributed by atoms with Gasteiger partial charge in [0.15, 0.2) is 36.8 Å². The molecule has 2 aliphatic heterocycles. The standard InChI is InChI=1S/C24H32O15/c1-11(25)32-9-18-20(34-13(3)27)17(7-8-31-18)38-24-23(37-16(6)30)22(36-15(5)29)21(35-14(4)28)19(39-24)10-33-12(2)26/h7-8,17-24H,9-10H2,1-6H3/t17-,18-,19-,20-,21+,22+,23-,24-/m1/s1. The Kier molecular flexibility index (Phi) is 11.7. The van der Waals surface area contributed by atoms with Crippen molar-refractivity contribution in [1.82, 2.24) is 0 Å². The highest BCUT2D eigenvalue weighted by Gasteiger charge is 2.54. The van der Waals surface area contributed by atoms with Crippen LogP contribution < -0.4 is 0 Å². The zero-order valence-electron chi connectivity index (χ0n) is 22.3. The zero-order chi connectivity index (χ0) is 29.3. The molecule has 0 aromatic rings. The van der Waals surface area contributed by atoms with E-state index in [1.54, 1.807) is 0 Å². The van der Waals surface area contributed by atoms with Crippen LogP contribution in [0.3, 0.4) is 0 Å². The molecule has 15 heteroatoms. The number of carbonyl (C=O) groups is 6. The average molecular weight is 561 g/mol. The summed E-state index contributed by atoms with van der Waals surface area (Å²) in [7, 11) is 0. The molecular formula is C24H32O15. The molecule has 2 aliphatic rings. The largest absolute Gasteiger partial charge is 0.491 e. The molecule has 0 unspecified atom stereocenters. The molecule has 0 aromatic heterocycles. The van der Waals surface area contributed by atoms with Crippen molar-refractivity contribution in [3.63, 3.8) is 0 Å². The van der Waals surface area contributed by atoms with Gasteiger partial charge in [-0.3, -0.25) is 28.8 Å². The fraction of sp³-hybridized carbons (Fsp3) is 0.667. The lowest BCUT2D eigenvalue weighted by Crippen LogP contribution is -2.64. The lowest BCUT2D eigenvalue weighted by atomic mass is 9.97. The normalized spacial score (nSPS) is 29.7. The van der Waals surface area contributed by atoms with E-state index in [0.29, 0.717) is 0 Å². The SMILES string of the molecule is CC(=O)OC[C@H]1O[C@@H](O[C@@H]2C=CO[C@H](COC(C)=O)[C@@H]2OC(C)=O)[C@H](OC(C)=O)[C@@H](OC(C)=O)[C@H]1OC(C)=O. The van der Waals surface area contributed by atoms with Gasteiger partial charge in [0.25, 0.3) is 0 Å². The molecule has 15 nitrogen and oxygen atoms in total. The highest BCUT2D eigenvalue weighted by molar-refractivity contribution is 5.69. The molecule has 1 saturated heterocycles. The van der Waals surface area contributed by atoms with Crippen LogP contribution in [0.2, 0.25) is 0 Å².